The van der Waals surface area contributed by atoms with Crippen LogP contribution in [0, 0.1) is 23.3 Å². The predicted octanol–water partition coefficient (Wildman–Crippen LogP) is 7.71. The van der Waals surface area contributed by atoms with Crippen LogP contribution in [0.2, 0.25) is 0 Å². The minimum atomic E-state index is -1.43. The molecule has 206 valence electrons. The van der Waals surface area contributed by atoms with Crippen LogP contribution in [0.5, 0.6) is 23.3 Å². The first-order valence-corrected chi connectivity index (χ1v) is 12.2. The van der Waals surface area contributed by atoms with Crippen LogP contribution in [0.15, 0.2) is 91.0 Å². The van der Waals surface area contributed by atoms with Crippen LogP contribution in [0.3, 0.4) is 0 Å². The van der Waals surface area contributed by atoms with Crippen molar-refractivity contribution in [2.45, 2.75) is 6.54 Å². The first kappa shape index (κ1) is 27.4. The monoisotopic (exact) mass is 560 g/mol. The highest BCUT2D eigenvalue weighted by atomic mass is 19.1. The number of pyridine rings is 1. The van der Waals surface area contributed by atoms with E-state index in [9.17, 15) is 27.5 Å². The Balaban J connectivity index is 1.48. The summed E-state index contributed by atoms with van der Waals surface area (Å²) in [4.78, 5) is 15.6. The van der Waals surface area contributed by atoms with Gasteiger partial charge < -0.3 is 20.3 Å². The fraction of sp³-hybridized carbons (Fsp3) is 0.0323. The first-order valence-electron chi connectivity index (χ1n) is 12.2. The van der Waals surface area contributed by atoms with Crippen molar-refractivity contribution in [3.05, 3.63) is 125 Å². The van der Waals surface area contributed by atoms with Crippen LogP contribution in [0.1, 0.15) is 15.9 Å². The molecule has 4 aromatic carbocycles. The van der Waals surface area contributed by atoms with Crippen molar-refractivity contribution >= 4 is 5.97 Å². The fourth-order valence-corrected chi connectivity index (χ4v) is 4.08. The van der Waals surface area contributed by atoms with E-state index >= 15 is 0 Å². The zero-order chi connectivity index (χ0) is 29.1. The lowest BCUT2D eigenvalue weighted by Gasteiger charge is -2.13. The molecule has 0 bridgehead atoms. The minimum Gasteiger partial charge on any atom is -0.478 e. The van der Waals surface area contributed by atoms with Gasteiger partial charge in [0.25, 0.3) is 11.8 Å². The number of carboxylic acids is 1. The molecule has 0 saturated carbocycles. The van der Waals surface area contributed by atoms with Gasteiger partial charge in [-0.3, -0.25) is 0 Å². The average molecular weight is 561 g/mol. The van der Waals surface area contributed by atoms with E-state index in [2.05, 4.69) is 4.98 Å². The number of hydrogen-bond donors (Lipinski definition) is 2. The van der Waals surface area contributed by atoms with Crippen molar-refractivity contribution in [3.8, 4) is 45.5 Å². The molecule has 5 aromatic rings. The number of benzene rings is 4. The van der Waals surface area contributed by atoms with Crippen molar-refractivity contribution in [2.24, 2.45) is 5.73 Å². The molecule has 0 radical (unpaired) electrons. The van der Waals surface area contributed by atoms with Gasteiger partial charge in [0.2, 0.25) is 0 Å². The Morgan fingerprint density at radius 2 is 1.44 bits per heavy atom. The van der Waals surface area contributed by atoms with Gasteiger partial charge in [0.1, 0.15) is 28.7 Å². The van der Waals surface area contributed by atoms with Gasteiger partial charge in [0, 0.05) is 24.2 Å². The highest BCUT2D eigenvalue weighted by molar-refractivity contribution is 5.92. The number of ether oxygens (including phenoxy) is 2. The molecular formula is C31H20F4N2O4. The summed E-state index contributed by atoms with van der Waals surface area (Å²) < 4.78 is 68.2. The van der Waals surface area contributed by atoms with Crippen molar-refractivity contribution in [2.75, 3.05) is 0 Å². The van der Waals surface area contributed by atoms with Gasteiger partial charge in [0.15, 0.2) is 11.6 Å². The summed E-state index contributed by atoms with van der Waals surface area (Å²) in [6.45, 7) is 0.350. The van der Waals surface area contributed by atoms with E-state index in [0.717, 1.165) is 41.0 Å². The van der Waals surface area contributed by atoms with Crippen LogP contribution in [0.25, 0.3) is 22.3 Å². The number of hydrogen-bond acceptors (Lipinski definition) is 5. The summed E-state index contributed by atoms with van der Waals surface area (Å²) in [6.07, 6.45) is 0. The Morgan fingerprint density at radius 3 is 2.15 bits per heavy atom. The minimum absolute atomic E-state index is 0.0540. The Hall–Kier alpha value is -5.22. The van der Waals surface area contributed by atoms with E-state index in [1.54, 1.807) is 18.2 Å². The molecule has 41 heavy (non-hydrogen) atoms. The van der Waals surface area contributed by atoms with Crippen molar-refractivity contribution in [1.29, 1.82) is 0 Å². The summed E-state index contributed by atoms with van der Waals surface area (Å²) in [6, 6.07) is 21.0. The number of carboxylic acid groups (broad SMARTS) is 1. The highest BCUT2D eigenvalue weighted by Crippen LogP contribution is 2.35. The number of nitrogens with zero attached hydrogens (tertiary/aromatic N) is 1. The lowest BCUT2D eigenvalue weighted by molar-refractivity contribution is 0.0694. The third-order valence-corrected chi connectivity index (χ3v) is 6.07. The van der Waals surface area contributed by atoms with Gasteiger partial charge in [-0.1, -0.05) is 36.4 Å². The van der Waals surface area contributed by atoms with Crippen LogP contribution >= 0.6 is 0 Å². The molecule has 1 heterocycles. The maximum atomic E-state index is 14.7. The second-order valence-electron chi connectivity index (χ2n) is 8.84. The van der Waals surface area contributed by atoms with Crippen LogP contribution in [-0.4, -0.2) is 16.1 Å². The zero-order valence-electron chi connectivity index (χ0n) is 21.1. The molecule has 6 nitrogen and oxygen atoms in total. The number of nitrogens with two attached hydrogens (primary N) is 1. The van der Waals surface area contributed by atoms with Gasteiger partial charge in [-0.15, -0.1) is 0 Å². The van der Waals surface area contributed by atoms with E-state index in [0.29, 0.717) is 18.7 Å². The highest BCUT2D eigenvalue weighted by Gasteiger charge is 2.20. The Bertz CT molecular complexity index is 1780. The van der Waals surface area contributed by atoms with E-state index in [4.69, 9.17) is 15.2 Å². The lowest BCUT2D eigenvalue weighted by Crippen LogP contribution is -2.03. The molecule has 0 saturated heterocycles. The largest absolute Gasteiger partial charge is 0.478 e. The van der Waals surface area contributed by atoms with E-state index < -0.39 is 52.3 Å². The summed E-state index contributed by atoms with van der Waals surface area (Å²) in [5.41, 5.74) is 7.88. The standard InChI is InChI=1S/C31H20F4N2O4/c32-21-8-10-23(25(33)14-21)20-7-9-24(31(38)39)28(13-20)41-30-27(35)15-26(34)29(37-30)40-22-6-2-5-19(12-22)18-4-1-3-17(11-18)16-36/h1-15H,16,36H2,(H,38,39). The number of carbonyl (C=O) groups is 1. The molecule has 0 atom stereocenters. The normalized spacial score (nSPS) is 10.9. The lowest BCUT2D eigenvalue weighted by atomic mass is 10.0. The number of halogens is 4. The maximum Gasteiger partial charge on any atom is 0.339 e. The Kier molecular flexibility index (Phi) is 7.66. The quantitative estimate of drug-likeness (QED) is 0.189. The Morgan fingerprint density at radius 1 is 0.732 bits per heavy atom. The smallest absolute Gasteiger partial charge is 0.339 e. The zero-order valence-corrected chi connectivity index (χ0v) is 21.1. The summed E-state index contributed by atoms with van der Waals surface area (Å²) >= 11 is 0. The molecule has 0 fully saturated rings. The molecule has 0 amide bonds. The van der Waals surface area contributed by atoms with E-state index in [1.165, 1.54) is 6.07 Å². The van der Waals surface area contributed by atoms with Crippen molar-refractivity contribution < 1.29 is 36.9 Å². The van der Waals surface area contributed by atoms with E-state index in [1.807, 2.05) is 30.3 Å². The number of rotatable bonds is 8. The van der Waals surface area contributed by atoms with Gasteiger partial charge >= 0.3 is 5.97 Å². The molecule has 10 heteroatoms. The van der Waals surface area contributed by atoms with Crippen molar-refractivity contribution in [1.82, 2.24) is 4.98 Å². The van der Waals surface area contributed by atoms with Crippen LogP contribution in [-0.2, 0) is 6.54 Å². The third kappa shape index (κ3) is 6.02. The van der Waals surface area contributed by atoms with Gasteiger partial charge in [0.05, 0.1) is 0 Å². The Labute approximate surface area is 231 Å². The first-order chi connectivity index (χ1) is 19.7. The average Bonchev–Trinajstić information content (AvgIpc) is 2.95. The molecule has 0 aliphatic heterocycles. The fourth-order valence-electron chi connectivity index (χ4n) is 4.08. The SMILES string of the molecule is NCc1cccc(-c2cccc(Oc3nc(Oc4cc(-c5ccc(F)cc5F)ccc4C(=O)O)c(F)cc3F)c2)c1. The van der Waals surface area contributed by atoms with Crippen molar-refractivity contribution in [3.63, 3.8) is 0 Å². The number of aromatic carboxylic acids is 1. The maximum absolute atomic E-state index is 14.7. The molecule has 0 aliphatic carbocycles. The van der Waals surface area contributed by atoms with Crippen LogP contribution in [0.4, 0.5) is 17.6 Å². The molecule has 0 spiro atoms. The summed E-state index contributed by atoms with van der Waals surface area (Å²) in [5.74, 6) is -7.15. The molecule has 3 N–H and O–H groups in total. The third-order valence-electron chi connectivity index (χ3n) is 6.07. The van der Waals surface area contributed by atoms with Crippen LogP contribution < -0.4 is 15.2 Å². The molecule has 5 rings (SSSR count). The number of aromatic nitrogens is 1. The van der Waals surface area contributed by atoms with E-state index in [-0.39, 0.29) is 16.9 Å². The molecular weight excluding hydrogens is 540 g/mol. The molecule has 1 aromatic heterocycles. The van der Waals surface area contributed by atoms with Gasteiger partial charge in [-0.25, -0.2) is 22.4 Å². The second-order valence-corrected chi connectivity index (χ2v) is 8.84. The van der Waals surface area contributed by atoms with Gasteiger partial charge in [-0.05, 0) is 64.7 Å². The second kappa shape index (κ2) is 11.5. The summed E-state index contributed by atoms with van der Waals surface area (Å²) in [5, 5.41) is 9.60. The van der Waals surface area contributed by atoms with Gasteiger partial charge in [-0.2, -0.15) is 4.98 Å². The summed E-state index contributed by atoms with van der Waals surface area (Å²) in [7, 11) is 0. The topological polar surface area (TPSA) is 94.7 Å². The predicted molar refractivity (Wildman–Crippen MR) is 143 cm³/mol. The molecule has 0 unspecified atom stereocenters. The molecule has 0 aliphatic rings.